The molecule has 1 aliphatic carbocycles. The first-order chi connectivity index (χ1) is 18.2. The van der Waals surface area contributed by atoms with Gasteiger partial charge in [0, 0.05) is 24.8 Å². The number of aryl methyl sites for hydroxylation is 2. The number of nitrogens with zero attached hydrogens (tertiary/aromatic N) is 1. The molecule has 1 saturated heterocycles. The summed E-state index contributed by atoms with van der Waals surface area (Å²) < 4.78 is 5.54. The van der Waals surface area contributed by atoms with Gasteiger partial charge in [0.25, 0.3) is 0 Å². The molecule has 2 N–H and O–H groups in total. The molecule has 1 unspecified atom stereocenters. The predicted molar refractivity (Wildman–Crippen MR) is 153 cm³/mol. The normalized spacial score (nSPS) is 18.1. The molecule has 1 heterocycles. The molecular formula is C33H42N2O2. The zero-order valence-corrected chi connectivity index (χ0v) is 22.3. The first-order valence-electron chi connectivity index (χ1n) is 14.2. The lowest BCUT2D eigenvalue weighted by Crippen LogP contribution is -2.23. The smallest absolute Gasteiger partial charge is 0.120 e. The number of benzene rings is 3. The second kappa shape index (κ2) is 12.5. The average Bonchev–Trinajstić information content (AvgIpc) is 3.20. The van der Waals surface area contributed by atoms with Crippen LogP contribution in [0.25, 0.3) is 0 Å². The Morgan fingerprint density at radius 1 is 0.892 bits per heavy atom. The van der Waals surface area contributed by atoms with Crippen molar-refractivity contribution in [1.82, 2.24) is 4.90 Å². The largest absolute Gasteiger partial charge is 0.508 e. The molecule has 1 fully saturated rings. The summed E-state index contributed by atoms with van der Waals surface area (Å²) in [5.74, 6) is 1.74. The summed E-state index contributed by atoms with van der Waals surface area (Å²) in [5.41, 5.74) is 8.07. The number of nitrogens with one attached hydrogen (secondary N) is 1. The van der Waals surface area contributed by atoms with Crippen LogP contribution in [-0.2, 0) is 25.8 Å². The highest BCUT2D eigenvalue weighted by Gasteiger charge is 2.23. The Labute approximate surface area is 222 Å². The minimum atomic E-state index is 0.371. The third-order valence-electron chi connectivity index (χ3n) is 8.20. The van der Waals surface area contributed by atoms with E-state index < -0.39 is 0 Å². The fourth-order valence-corrected chi connectivity index (χ4v) is 6.06. The highest BCUT2D eigenvalue weighted by molar-refractivity contribution is 5.57. The summed E-state index contributed by atoms with van der Waals surface area (Å²) in [4.78, 5) is 2.62. The number of aromatic hydroxyl groups is 1. The van der Waals surface area contributed by atoms with Crippen LogP contribution in [0.2, 0.25) is 0 Å². The Balaban J connectivity index is 1.16. The van der Waals surface area contributed by atoms with E-state index in [4.69, 9.17) is 4.74 Å². The molecule has 0 bridgehead atoms. The molecule has 0 aromatic heterocycles. The van der Waals surface area contributed by atoms with Crippen LogP contribution < -0.4 is 10.1 Å². The molecule has 196 valence electrons. The van der Waals surface area contributed by atoms with E-state index in [9.17, 15) is 5.11 Å². The van der Waals surface area contributed by atoms with E-state index in [2.05, 4.69) is 58.7 Å². The molecule has 0 saturated carbocycles. The highest BCUT2D eigenvalue weighted by atomic mass is 16.5. The number of phenols is 1. The van der Waals surface area contributed by atoms with Crippen molar-refractivity contribution < 1.29 is 9.84 Å². The van der Waals surface area contributed by atoms with E-state index in [0.29, 0.717) is 11.7 Å². The van der Waals surface area contributed by atoms with Crippen LogP contribution in [0, 0.1) is 0 Å². The van der Waals surface area contributed by atoms with Gasteiger partial charge in [0.1, 0.15) is 11.5 Å². The van der Waals surface area contributed by atoms with Gasteiger partial charge in [0.15, 0.2) is 0 Å². The van der Waals surface area contributed by atoms with E-state index in [1.54, 1.807) is 7.11 Å². The van der Waals surface area contributed by atoms with Crippen molar-refractivity contribution in [2.24, 2.45) is 0 Å². The van der Waals surface area contributed by atoms with Crippen LogP contribution in [0.15, 0.2) is 60.7 Å². The summed E-state index contributed by atoms with van der Waals surface area (Å²) >= 11 is 0. The Morgan fingerprint density at radius 2 is 1.68 bits per heavy atom. The van der Waals surface area contributed by atoms with Gasteiger partial charge >= 0.3 is 0 Å². The molecule has 0 amide bonds. The van der Waals surface area contributed by atoms with E-state index in [1.165, 1.54) is 72.3 Å². The molecule has 2 aliphatic rings. The van der Waals surface area contributed by atoms with Gasteiger partial charge in [0.2, 0.25) is 0 Å². The first-order valence-corrected chi connectivity index (χ1v) is 14.2. The van der Waals surface area contributed by atoms with Crippen molar-refractivity contribution in [2.75, 3.05) is 32.1 Å². The molecular weight excluding hydrogens is 456 g/mol. The summed E-state index contributed by atoms with van der Waals surface area (Å²) in [6.45, 7) is 4.52. The molecule has 3 aromatic rings. The molecule has 0 radical (unpaired) electrons. The van der Waals surface area contributed by atoms with E-state index in [0.717, 1.165) is 50.9 Å². The number of rotatable bonds is 9. The van der Waals surface area contributed by atoms with Gasteiger partial charge in [-0.25, -0.2) is 0 Å². The number of fused-ring (bicyclic) bond motifs is 1. The second-order valence-corrected chi connectivity index (χ2v) is 10.9. The van der Waals surface area contributed by atoms with Crippen molar-refractivity contribution in [3.63, 3.8) is 0 Å². The molecule has 1 atom stereocenters. The van der Waals surface area contributed by atoms with Crippen molar-refractivity contribution in [1.29, 1.82) is 0 Å². The Bertz CT molecular complexity index is 1150. The summed E-state index contributed by atoms with van der Waals surface area (Å²) in [7, 11) is 1.73. The van der Waals surface area contributed by atoms with Crippen LogP contribution in [0.5, 0.6) is 11.5 Å². The molecule has 4 heteroatoms. The van der Waals surface area contributed by atoms with Gasteiger partial charge in [-0.1, -0.05) is 49.2 Å². The van der Waals surface area contributed by atoms with Crippen molar-refractivity contribution in [2.45, 2.75) is 70.3 Å². The molecule has 4 nitrogen and oxygen atoms in total. The average molecular weight is 499 g/mol. The molecule has 37 heavy (non-hydrogen) atoms. The Kier molecular flexibility index (Phi) is 8.68. The van der Waals surface area contributed by atoms with Crippen LogP contribution in [0.4, 0.5) is 5.69 Å². The van der Waals surface area contributed by atoms with Crippen LogP contribution in [-0.4, -0.2) is 36.8 Å². The van der Waals surface area contributed by atoms with E-state index in [1.807, 2.05) is 12.1 Å². The van der Waals surface area contributed by atoms with Gasteiger partial charge in [-0.2, -0.15) is 0 Å². The van der Waals surface area contributed by atoms with Crippen LogP contribution >= 0.6 is 0 Å². The maximum atomic E-state index is 9.84. The number of phenolic OH excluding ortho intramolecular Hbond substituents is 1. The minimum absolute atomic E-state index is 0.371. The number of anilines is 1. The highest BCUT2D eigenvalue weighted by Crippen LogP contribution is 2.38. The number of likely N-dealkylation sites (tertiary alicyclic amines) is 1. The number of hydrogen-bond donors (Lipinski definition) is 2. The van der Waals surface area contributed by atoms with Gasteiger partial charge in [0.05, 0.1) is 7.11 Å². The van der Waals surface area contributed by atoms with Gasteiger partial charge in [-0.3, -0.25) is 4.90 Å². The maximum absolute atomic E-state index is 9.84. The fourth-order valence-electron chi connectivity index (χ4n) is 6.06. The van der Waals surface area contributed by atoms with E-state index >= 15 is 0 Å². The number of hydrogen-bond acceptors (Lipinski definition) is 4. The third kappa shape index (κ3) is 6.87. The zero-order valence-electron chi connectivity index (χ0n) is 22.3. The van der Waals surface area contributed by atoms with Crippen LogP contribution in [0.3, 0.4) is 0 Å². The standard InChI is InChI=1S/C33H42N2O2/c1-37-31-16-17-32(29-13-12-28-22-30(36)15-14-27(28)21-29)33(23-31)34-18-6-7-25-8-10-26(11-9-25)24-35-19-4-2-3-5-20-35/h8-11,14-17,22-23,29,34,36H,2-7,12-13,18-21,24H2,1H3. The van der Waals surface area contributed by atoms with Gasteiger partial charge in [-0.15, -0.1) is 0 Å². The summed E-state index contributed by atoms with van der Waals surface area (Å²) in [6, 6.07) is 21.6. The van der Waals surface area contributed by atoms with Crippen molar-refractivity contribution in [3.8, 4) is 11.5 Å². The van der Waals surface area contributed by atoms with Gasteiger partial charge < -0.3 is 15.2 Å². The maximum Gasteiger partial charge on any atom is 0.120 e. The zero-order chi connectivity index (χ0) is 25.5. The second-order valence-electron chi connectivity index (χ2n) is 10.9. The lowest BCUT2D eigenvalue weighted by Gasteiger charge is -2.27. The quantitative estimate of drug-likeness (QED) is 0.309. The van der Waals surface area contributed by atoms with E-state index in [-0.39, 0.29) is 0 Å². The lowest BCUT2D eigenvalue weighted by atomic mass is 9.79. The van der Waals surface area contributed by atoms with Crippen LogP contribution in [0.1, 0.15) is 72.3 Å². The molecule has 0 spiro atoms. The minimum Gasteiger partial charge on any atom is -0.508 e. The first kappa shape index (κ1) is 25.7. The summed E-state index contributed by atoms with van der Waals surface area (Å²) in [6.07, 6.45) is 10.8. The lowest BCUT2D eigenvalue weighted by molar-refractivity contribution is 0.277. The Hall–Kier alpha value is -2.98. The van der Waals surface area contributed by atoms with Crippen molar-refractivity contribution >= 4 is 5.69 Å². The fraction of sp³-hybridized carbons (Fsp3) is 0.455. The predicted octanol–water partition coefficient (Wildman–Crippen LogP) is 7.09. The Morgan fingerprint density at radius 3 is 2.46 bits per heavy atom. The molecule has 3 aromatic carbocycles. The summed E-state index contributed by atoms with van der Waals surface area (Å²) in [5, 5.41) is 13.6. The number of methoxy groups -OCH3 is 1. The molecule has 1 aliphatic heterocycles. The topological polar surface area (TPSA) is 44.7 Å². The third-order valence-corrected chi connectivity index (χ3v) is 8.20. The SMILES string of the molecule is COc1ccc(C2CCc3cc(O)ccc3C2)c(NCCCc2ccc(CN3CCCCCC3)cc2)c1. The monoisotopic (exact) mass is 498 g/mol. The van der Waals surface area contributed by atoms with Crippen molar-refractivity contribution in [3.05, 3.63) is 88.5 Å². The number of ether oxygens (including phenoxy) is 1. The van der Waals surface area contributed by atoms with Gasteiger partial charge in [-0.05, 0) is 110 Å². The molecule has 5 rings (SSSR count).